The van der Waals surface area contributed by atoms with E-state index in [-0.39, 0.29) is 23.8 Å². The summed E-state index contributed by atoms with van der Waals surface area (Å²) in [7, 11) is 0. The van der Waals surface area contributed by atoms with Crippen molar-refractivity contribution in [3.05, 3.63) is 66.4 Å². The van der Waals surface area contributed by atoms with Crippen LogP contribution in [0.1, 0.15) is 49.2 Å². The number of carbonyl (C=O) groups excluding carboxylic acids is 1. The van der Waals surface area contributed by atoms with Gasteiger partial charge in [-0.25, -0.2) is 19.9 Å². The number of nitrogens with one attached hydrogen (secondary N) is 1. The first-order valence-corrected chi connectivity index (χ1v) is 11.6. The molecular weight excluding hydrogens is 457 g/mol. The van der Waals surface area contributed by atoms with E-state index in [1.165, 1.54) is 0 Å². The molecule has 1 N–H and O–H groups in total. The molecule has 10 heteroatoms. The van der Waals surface area contributed by atoms with Crippen LogP contribution >= 0.6 is 0 Å². The highest BCUT2D eigenvalue weighted by atomic mass is 19.4. The molecule has 35 heavy (non-hydrogen) atoms. The number of benzene rings is 1. The third-order valence-electron chi connectivity index (χ3n) is 6.27. The van der Waals surface area contributed by atoms with Crippen molar-refractivity contribution in [1.82, 2.24) is 24.8 Å². The first-order chi connectivity index (χ1) is 16.8. The molecule has 0 aliphatic carbocycles. The predicted molar refractivity (Wildman–Crippen MR) is 125 cm³/mol. The number of aromatic nitrogens is 4. The van der Waals surface area contributed by atoms with Gasteiger partial charge in [0, 0.05) is 30.5 Å². The van der Waals surface area contributed by atoms with Crippen LogP contribution in [0.5, 0.6) is 0 Å². The summed E-state index contributed by atoms with van der Waals surface area (Å²) < 4.78 is 38.6. The van der Waals surface area contributed by atoms with Crippen molar-refractivity contribution >= 4 is 11.7 Å². The minimum Gasteiger partial charge on any atom is -0.364 e. The molecule has 3 unspecified atom stereocenters. The largest absolute Gasteiger partial charge is 0.434 e. The number of carbonyl (C=O) groups is 1. The standard InChI is InChI=1S/C25H27F3N6O/c1-3-19(33-22-14-31-21(13-32-22)25(26,27)28)20-10-9-16(2)15-34(20)24(35)18-8-5-4-7-17(18)23-29-11-6-12-30-23/h4-8,11-14,16,19-20H,3,9-10,15H2,1-2H3,(H,32,33). The Bertz CT molecular complexity index is 1140. The number of nitrogens with zero attached hydrogens (tertiary/aromatic N) is 5. The number of hydrogen-bond acceptors (Lipinski definition) is 6. The Balaban J connectivity index is 1.61. The van der Waals surface area contributed by atoms with E-state index < -0.39 is 11.9 Å². The average Bonchev–Trinajstić information content (AvgIpc) is 2.87. The average molecular weight is 485 g/mol. The van der Waals surface area contributed by atoms with Gasteiger partial charge in [0.05, 0.1) is 24.0 Å². The normalized spacial score (nSPS) is 19.3. The van der Waals surface area contributed by atoms with Crippen LogP contribution < -0.4 is 5.32 Å². The van der Waals surface area contributed by atoms with Crippen LogP contribution in [0.3, 0.4) is 0 Å². The van der Waals surface area contributed by atoms with Gasteiger partial charge in [-0.05, 0) is 37.3 Å². The molecular formula is C25H27F3N6O. The fourth-order valence-electron chi connectivity index (χ4n) is 4.49. The predicted octanol–water partition coefficient (Wildman–Crippen LogP) is 5.08. The number of likely N-dealkylation sites (tertiary alicyclic amines) is 1. The SMILES string of the molecule is CCC(Nc1cnc(C(F)(F)F)cn1)C1CCC(C)CN1C(=O)c1ccccc1-c1ncccn1. The molecule has 3 aromatic rings. The maximum Gasteiger partial charge on any atom is 0.434 e. The van der Waals surface area contributed by atoms with E-state index >= 15 is 0 Å². The molecule has 3 heterocycles. The van der Waals surface area contributed by atoms with Gasteiger partial charge in [-0.2, -0.15) is 13.2 Å². The van der Waals surface area contributed by atoms with Crippen molar-refractivity contribution in [2.75, 3.05) is 11.9 Å². The molecule has 184 valence electrons. The second-order valence-electron chi connectivity index (χ2n) is 8.77. The summed E-state index contributed by atoms with van der Waals surface area (Å²) in [5.74, 6) is 0.916. The molecule has 1 amide bonds. The van der Waals surface area contributed by atoms with Gasteiger partial charge in [-0.1, -0.05) is 32.0 Å². The number of alkyl halides is 3. The van der Waals surface area contributed by atoms with Gasteiger partial charge in [0.2, 0.25) is 0 Å². The number of piperidine rings is 1. The van der Waals surface area contributed by atoms with Gasteiger partial charge in [-0.15, -0.1) is 0 Å². The van der Waals surface area contributed by atoms with E-state index in [1.54, 1.807) is 24.5 Å². The Labute approximate surface area is 201 Å². The lowest BCUT2D eigenvalue weighted by atomic mass is 9.88. The lowest BCUT2D eigenvalue weighted by molar-refractivity contribution is -0.141. The van der Waals surface area contributed by atoms with Crippen molar-refractivity contribution in [3.63, 3.8) is 0 Å². The fraction of sp³-hybridized carbons (Fsp3) is 0.400. The zero-order valence-corrected chi connectivity index (χ0v) is 19.5. The molecule has 7 nitrogen and oxygen atoms in total. The molecule has 4 rings (SSSR count). The topological polar surface area (TPSA) is 83.9 Å². The summed E-state index contributed by atoms with van der Waals surface area (Å²) in [5, 5.41) is 3.21. The molecule has 2 aromatic heterocycles. The van der Waals surface area contributed by atoms with Gasteiger partial charge in [-0.3, -0.25) is 4.79 Å². The molecule has 1 aliphatic rings. The van der Waals surface area contributed by atoms with Crippen LogP contribution in [0.15, 0.2) is 55.1 Å². The maximum atomic E-state index is 13.9. The van der Waals surface area contributed by atoms with Gasteiger partial charge >= 0.3 is 6.18 Å². The summed E-state index contributed by atoms with van der Waals surface area (Å²) in [6.07, 6.45) is 2.88. The highest BCUT2D eigenvalue weighted by Crippen LogP contribution is 2.31. The van der Waals surface area contributed by atoms with E-state index in [1.807, 2.05) is 30.0 Å². The third kappa shape index (κ3) is 5.58. The van der Waals surface area contributed by atoms with E-state index in [4.69, 9.17) is 0 Å². The first-order valence-electron chi connectivity index (χ1n) is 11.6. The van der Waals surface area contributed by atoms with Gasteiger partial charge in [0.25, 0.3) is 5.91 Å². The quantitative estimate of drug-likeness (QED) is 0.525. The monoisotopic (exact) mass is 484 g/mol. The smallest absolute Gasteiger partial charge is 0.364 e. The zero-order valence-electron chi connectivity index (χ0n) is 19.5. The molecule has 1 aliphatic heterocycles. The van der Waals surface area contributed by atoms with Gasteiger partial charge in [0.15, 0.2) is 11.5 Å². The first kappa shape index (κ1) is 24.6. The third-order valence-corrected chi connectivity index (χ3v) is 6.27. The molecule has 1 fully saturated rings. The second-order valence-corrected chi connectivity index (χ2v) is 8.77. The number of anilines is 1. The van der Waals surface area contributed by atoms with Crippen LogP contribution in [-0.4, -0.2) is 49.4 Å². The Hall–Kier alpha value is -3.56. The molecule has 1 aromatic carbocycles. The van der Waals surface area contributed by atoms with E-state index in [0.29, 0.717) is 35.8 Å². The van der Waals surface area contributed by atoms with E-state index in [2.05, 4.69) is 32.2 Å². The summed E-state index contributed by atoms with van der Waals surface area (Å²) in [5.41, 5.74) is 0.130. The summed E-state index contributed by atoms with van der Waals surface area (Å²) >= 11 is 0. The van der Waals surface area contributed by atoms with Gasteiger partial charge in [0.1, 0.15) is 5.82 Å². The Morgan fingerprint density at radius 2 is 1.83 bits per heavy atom. The van der Waals surface area contributed by atoms with Gasteiger partial charge < -0.3 is 10.2 Å². The number of amides is 1. The van der Waals surface area contributed by atoms with Crippen LogP contribution in [-0.2, 0) is 6.18 Å². The van der Waals surface area contributed by atoms with Crippen LogP contribution in [0, 0.1) is 5.92 Å². The summed E-state index contributed by atoms with van der Waals surface area (Å²) in [6.45, 7) is 4.66. The van der Waals surface area contributed by atoms with Crippen molar-refractivity contribution in [2.45, 2.75) is 51.4 Å². The zero-order chi connectivity index (χ0) is 25.0. The van der Waals surface area contributed by atoms with Crippen molar-refractivity contribution < 1.29 is 18.0 Å². The summed E-state index contributed by atoms with van der Waals surface area (Å²) in [4.78, 5) is 31.8. The molecule has 0 radical (unpaired) electrons. The highest BCUT2D eigenvalue weighted by Gasteiger charge is 2.36. The van der Waals surface area contributed by atoms with Crippen molar-refractivity contribution in [1.29, 1.82) is 0 Å². The van der Waals surface area contributed by atoms with Crippen LogP contribution in [0.4, 0.5) is 19.0 Å². The number of halogens is 3. The molecule has 0 spiro atoms. The minimum absolute atomic E-state index is 0.122. The number of hydrogen-bond donors (Lipinski definition) is 1. The molecule has 0 bridgehead atoms. The molecule has 1 saturated heterocycles. The Morgan fingerprint density at radius 1 is 1.09 bits per heavy atom. The number of rotatable bonds is 6. The van der Waals surface area contributed by atoms with E-state index in [0.717, 1.165) is 25.2 Å². The molecule has 0 saturated carbocycles. The van der Waals surface area contributed by atoms with Crippen LogP contribution in [0.2, 0.25) is 0 Å². The lowest BCUT2D eigenvalue weighted by Crippen LogP contribution is -2.54. The van der Waals surface area contributed by atoms with Crippen LogP contribution in [0.25, 0.3) is 11.4 Å². The minimum atomic E-state index is -4.55. The summed E-state index contributed by atoms with van der Waals surface area (Å²) in [6, 6.07) is 8.61. The van der Waals surface area contributed by atoms with E-state index in [9.17, 15) is 18.0 Å². The highest BCUT2D eigenvalue weighted by molar-refractivity contribution is 6.00. The Kier molecular flexibility index (Phi) is 7.28. The Morgan fingerprint density at radius 3 is 2.49 bits per heavy atom. The lowest BCUT2D eigenvalue weighted by Gasteiger charge is -2.43. The fourth-order valence-corrected chi connectivity index (χ4v) is 4.49. The maximum absolute atomic E-state index is 13.9. The van der Waals surface area contributed by atoms with Crippen molar-refractivity contribution in [3.8, 4) is 11.4 Å². The van der Waals surface area contributed by atoms with Crippen molar-refractivity contribution in [2.24, 2.45) is 5.92 Å². The molecule has 3 atom stereocenters. The second kappa shape index (κ2) is 10.4.